The molecular weight excluding hydrogens is 2010 g/mol. The third-order valence-electron chi connectivity index (χ3n) is 19.8. The second-order valence-electron chi connectivity index (χ2n) is 32.5. The Bertz CT molecular complexity index is 6110. The lowest BCUT2D eigenvalue weighted by atomic mass is 10.3. The maximum atomic E-state index is 5.71. The van der Waals surface area contributed by atoms with Crippen LogP contribution < -0.4 is 126 Å². The van der Waals surface area contributed by atoms with Gasteiger partial charge in [0.2, 0.25) is 143 Å². The van der Waals surface area contributed by atoms with Crippen LogP contribution in [0, 0.1) is 0 Å². The van der Waals surface area contributed by atoms with Crippen molar-refractivity contribution < 1.29 is 4.42 Å². The van der Waals surface area contributed by atoms with Crippen molar-refractivity contribution in [3.05, 3.63) is 181 Å². The molecule has 56 heteroatoms. The lowest BCUT2D eigenvalue weighted by Crippen LogP contribution is -2.26. The molecule has 0 aliphatic carbocycles. The Labute approximate surface area is 884 Å². The van der Waals surface area contributed by atoms with Crippen LogP contribution in [0.4, 0.5) is 143 Å². The van der Waals surface area contributed by atoms with Crippen molar-refractivity contribution in [2.45, 2.75) is 51.4 Å². The van der Waals surface area contributed by atoms with E-state index in [9.17, 15) is 0 Å². The molecule has 0 spiro atoms. The smallest absolute Gasteiger partial charge is 0.231 e. The second-order valence-corrected chi connectivity index (χ2v) is 39.7. The quantitative estimate of drug-likeness (QED) is 0.0169. The fourth-order valence-corrected chi connectivity index (χ4v) is 16.9. The topological polar surface area (TPSA) is 621 Å². The van der Waals surface area contributed by atoms with Crippen molar-refractivity contribution in [1.82, 2.24) is 120 Å². The van der Waals surface area contributed by atoms with E-state index in [1.54, 1.807) is 114 Å². The number of nitrogen functional groups attached to an aromatic ring is 7. The molecule has 21 N–H and O–H groups in total. The van der Waals surface area contributed by atoms with Gasteiger partial charge in [0.15, 0.2) is 0 Å². The summed E-state index contributed by atoms with van der Waals surface area (Å²) in [5.41, 5.74) is 38.8. The van der Waals surface area contributed by atoms with Crippen LogP contribution in [-0.2, 0) is 51.4 Å². The summed E-state index contributed by atoms with van der Waals surface area (Å²) in [4.78, 5) is 129. The average molecular weight is 2140 g/mol. The first-order valence-corrected chi connectivity index (χ1v) is 52.2. The van der Waals surface area contributed by atoms with Gasteiger partial charge in [-0.05, 0) is 137 Å². The van der Waals surface area contributed by atoms with Gasteiger partial charge in [-0.15, -0.1) is 79.4 Å². The molecule has 0 aliphatic rings. The van der Waals surface area contributed by atoms with E-state index >= 15 is 0 Å². The summed E-state index contributed by atoms with van der Waals surface area (Å²) < 4.78 is 5.35. The van der Waals surface area contributed by atoms with Gasteiger partial charge in [-0.1, -0.05) is 42.5 Å². The number of likely N-dealkylation sites (N-methyl/N-ethyl adjacent to an activating group) is 5. The summed E-state index contributed by atoms with van der Waals surface area (Å²) in [5, 5.41) is 35.4. The summed E-state index contributed by atoms with van der Waals surface area (Å²) in [7, 11) is 36.0. The van der Waals surface area contributed by atoms with E-state index in [2.05, 4.69) is 261 Å². The lowest BCUT2D eigenvalue weighted by Gasteiger charge is -2.21. The molecule has 16 rings (SSSR count). The maximum absolute atomic E-state index is 5.71. The van der Waals surface area contributed by atoms with Crippen LogP contribution >= 0.6 is 79.4 Å². The summed E-state index contributed by atoms with van der Waals surface area (Å²) in [5.74, 6) is 12.0. The highest BCUT2D eigenvalue weighted by atomic mass is 32.1. The summed E-state index contributed by atoms with van der Waals surface area (Å²) >= 11 is 12.2. The van der Waals surface area contributed by atoms with Gasteiger partial charge in [-0.25, -0.2) is 0 Å². The fraction of sp³-hybridized carbons (Fsp3) is 0.385. The number of hydrogen-bond donors (Lipinski definition) is 14. The van der Waals surface area contributed by atoms with Crippen molar-refractivity contribution in [3.8, 4) is 0 Å². The van der Waals surface area contributed by atoms with Crippen LogP contribution in [0.2, 0.25) is 0 Å². The number of furan rings is 1. The Morgan fingerprint density at radius 2 is 0.422 bits per heavy atom. The predicted molar refractivity (Wildman–Crippen MR) is 610 cm³/mol. The highest BCUT2D eigenvalue weighted by Crippen LogP contribution is 2.24. The molecule has 147 heavy (non-hydrogen) atoms. The first kappa shape index (κ1) is 115. The predicted octanol–water partition coefficient (Wildman–Crippen LogP) is 9.93. The fourth-order valence-electron chi connectivity index (χ4n) is 12.0. The van der Waals surface area contributed by atoms with Crippen molar-refractivity contribution in [1.29, 1.82) is 0 Å². The van der Waals surface area contributed by atoms with E-state index in [4.69, 9.17) is 44.6 Å². The zero-order chi connectivity index (χ0) is 106. The zero-order valence-electron chi connectivity index (χ0n) is 86.2. The number of nitrogens with zero attached hydrogens (tertiary/aromatic N) is 34. The Balaban J connectivity index is 0.000000187. The molecule has 16 aromatic rings. The summed E-state index contributed by atoms with van der Waals surface area (Å²) in [6.07, 6.45) is 9.20. The van der Waals surface area contributed by atoms with Crippen molar-refractivity contribution in [3.63, 3.8) is 0 Å². The second kappa shape index (κ2) is 60.9. The molecule has 0 bridgehead atoms. The summed E-state index contributed by atoms with van der Waals surface area (Å²) in [6, 6.07) is 33.1. The van der Waals surface area contributed by atoms with Crippen LogP contribution in [0.3, 0.4) is 0 Å². The SMILES string of the molecule is CN(C)c1nc(N(C)C)nc(N(C)CCc2ccco2)n1.CN(C)c1nc(N(C)C)nc(N(C)CCc2cccs2)n1.CN(C)c1nc(N)nc(N(C)CCc2cccs2)n1.CN(CCc1cccs1)c1nc(N)nc(N)n1.CNc1nc(N)nc(N(C)CCc2cccs2)n1.CNc1nc(N)nc(NCCc2cccs2)n1.CNc1nc(NC)nc(NCCc2cccs2)n1.Nc1nc(N)nc(NCCc2cccs2)n1. The highest BCUT2D eigenvalue weighted by Gasteiger charge is 2.19. The number of rotatable bonds is 41. The van der Waals surface area contributed by atoms with Gasteiger partial charge in [0.05, 0.1) is 6.26 Å². The molecule has 0 saturated carbocycles. The van der Waals surface area contributed by atoms with Gasteiger partial charge in [0.1, 0.15) is 5.76 Å². The number of anilines is 24. The molecular formula is C91H134N48OS7. The molecule has 786 valence electrons. The van der Waals surface area contributed by atoms with Gasteiger partial charge < -0.3 is 131 Å². The Kier molecular flexibility index (Phi) is 47.7. The van der Waals surface area contributed by atoms with Gasteiger partial charge in [0.25, 0.3) is 0 Å². The molecule has 49 nitrogen and oxygen atoms in total. The standard InChI is InChI=1S/C14H22N6O.C14H22N6S.C12H18N6S.2C11H16N6S.2C10H14N6S.C9H12N6S/c2*1-18(2)12-15-13(19(3)4)17-14(16-12)20(5)9-8-11-7-6-10-21-11;1-17(2)11-14-10(13)15-12(16-11)18(3)7-6-9-5-4-8-19-9;1-13-10-14-9(12)15-11(16-10)17(2)6-5-8-4-3-7-18-8;1-12-9-15-10(13-2)17-11(16-9)14-6-5-8-4-3-7-18-8;1-16(5-4-7-3-2-6-17-7)10-14-8(11)13-9(12)15-10;1-12-9-14-8(11)15-10(16-9)13-5-4-7-3-2-6-17-7;10-7-13-8(11)15-9(14-7)12-4-3-6-2-1-5-16-6/h2*6-7,10H,8-9H2,1-5H3;4-5,8H,6-7H2,1-3H3,(H2,13,14,15,16);3-4,7H,5-6H2,1-2H3,(H3,12,13,14,15,16);3-4,7H,5-6H2,1-2H3,(H3,12,13,14,15,16,17);2-3,6H,4-5H2,1H3,(H4,11,12,13,14,15);2-3,6H,4-5H2,1H3,(H4,11,12,13,14,15,16);1-2,5H,3-4H2,(H5,10,11,12,13,14,15). The van der Waals surface area contributed by atoms with E-state index in [0.29, 0.717) is 101 Å². The molecule has 0 aliphatic heterocycles. The van der Waals surface area contributed by atoms with E-state index < -0.39 is 0 Å². The van der Waals surface area contributed by atoms with Crippen LogP contribution in [0.15, 0.2) is 145 Å². The molecule has 0 atom stereocenters. The molecule has 0 saturated heterocycles. The number of thiophene rings is 7. The molecule has 0 unspecified atom stereocenters. The monoisotopic (exact) mass is 2140 g/mol. The molecule has 0 radical (unpaired) electrons. The van der Waals surface area contributed by atoms with Crippen LogP contribution in [0.1, 0.15) is 39.9 Å². The number of nitrogens with two attached hydrogens (primary N) is 7. The van der Waals surface area contributed by atoms with Gasteiger partial charge >= 0.3 is 0 Å². The minimum atomic E-state index is 0.131. The first-order chi connectivity index (χ1) is 70.7. The van der Waals surface area contributed by atoms with Gasteiger partial charge in [0, 0.05) is 227 Å². The van der Waals surface area contributed by atoms with E-state index in [-0.39, 0.29) is 41.6 Å². The van der Waals surface area contributed by atoms with E-state index in [0.717, 1.165) is 109 Å². The van der Waals surface area contributed by atoms with Gasteiger partial charge in [-0.2, -0.15) is 120 Å². The number of aromatic nitrogens is 24. The third-order valence-corrected chi connectivity index (χ3v) is 26.3. The van der Waals surface area contributed by atoms with Crippen molar-refractivity contribution in [2.24, 2.45) is 0 Å². The third kappa shape index (κ3) is 41.6. The first-order valence-electron chi connectivity index (χ1n) is 46.1. The largest absolute Gasteiger partial charge is 0.469 e. The van der Waals surface area contributed by atoms with Crippen LogP contribution in [-0.4, -0.2) is 306 Å². The van der Waals surface area contributed by atoms with E-state index in [1.165, 1.54) is 34.1 Å². The summed E-state index contributed by atoms with van der Waals surface area (Å²) in [6.45, 7) is 6.46. The molecule has 0 amide bonds. The maximum Gasteiger partial charge on any atom is 0.231 e. The van der Waals surface area contributed by atoms with E-state index in [1.807, 2.05) is 186 Å². The zero-order valence-corrected chi connectivity index (χ0v) is 91.9. The normalized spacial score (nSPS) is 10.4. The molecule has 0 fully saturated rings. The van der Waals surface area contributed by atoms with Crippen molar-refractivity contribution in [2.75, 3.05) is 313 Å². The molecule has 16 aromatic heterocycles. The minimum absolute atomic E-state index is 0.131. The molecule has 16 heterocycles. The Morgan fingerprint density at radius 3 is 0.707 bits per heavy atom. The minimum Gasteiger partial charge on any atom is -0.469 e. The Morgan fingerprint density at radius 1 is 0.218 bits per heavy atom. The van der Waals surface area contributed by atoms with Crippen molar-refractivity contribution >= 4 is 222 Å². The lowest BCUT2D eigenvalue weighted by molar-refractivity contribution is 0.508. The number of hydrogen-bond acceptors (Lipinski definition) is 56. The van der Waals surface area contributed by atoms with Gasteiger partial charge in [-0.3, -0.25) is 0 Å². The number of nitrogens with one attached hydrogen (secondary N) is 7. The highest BCUT2D eigenvalue weighted by molar-refractivity contribution is 7.11. The average Bonchev–Trinajstić information content (AvgIpc) is 1.53. The molecule has 0 aromatic carbocycles. The Hall–Kier alpha value is -15.5. The van der Waals surface area contributed by atoms with Crippen LogP contribution in [0.25, 0.3) is 0 Å². The van der Waals surface area contributed by atoms with Crippen LogP contribution in [0.5, 0.6) is 0 Å².